The molecule has 5 heteroatoms. The fourth-order valence-corrected chi connectivity index (χ4v) is 2.89. The Bertz CT molecular complexity index is 1070. The highest BCUT2D eigenvalue weighted by Crippen LogP contribution is 2.33. The lowest BCUT2D eigenvalue weighted by Gasteiger charge is -2.12. The number of anilines is 1. The van der Waals surface area contributed by atoms with Crippen molar-refractivity contribution in [1.29, 1.82) is 0 Å². The molecule has 5 nitrogen and oxygen atoms in total. The average molecular weight is 331 g/mol. The van der Waals surface area contributed by atoms with Gasteiger partial charge >= 0.3 is 0 Å². The topological polar surface area (TPSA) is 74.2 Å². The van der Waals surface area contributed by atoms with Crippen molar-refractivity contribution in [3.05, 3.63) is 66.3 Å². The minimum absolute atomic E-state index is 0.528. The highest BCUT2D eigenvalue weighted by atomic mass is 16.5. The van der Waals surface area contributed by atoms with E-state index < -0.39 is 0 Å². The summed E-state index contributed by atoms with van der Waals surface area (Å²) in [6.45, 7) is 4.01. The lowest BCUT2D eigenvalue weighted by atomic mass is 9.99. The smallest absolute Gasteiger partial charge is 0.230 e. The second kappa shape index (κ2) is 5.94. The van der Waals surface area contributed by atoms with Crippen LogP contribution in [-0.4, -0.2) is 9.97 Å². The zero-order valence-electron chi connectivity index (χ0n) is 14.0. The molecule has 0 spiro atoms. The van der Waals surface area contributed by atoms with E-state index in [1.54, 1.807) is 18.7 Å². The van der Waals surface area contributed by atoms with Gasteiger partial charge in [-0.1, -0.05) is 6.07 Å². The Balaban J connectivity index is 1.70. The summed E-state index contributed by atoms with van der Waals surface area (Å²) in [6.07, 6.45) is 4.97. The molecule has 0 radical (unpaired) electrons. The summed E-state index contributed by atoms with van der Waals surface area (Å²) in [5.74, 6) is 1.25. The standard InChI is InChI=1S/C20H17N3O2/c1-12-9-15(25-20-17-6-8-24-19(17)5-7-22-20)3-4-16(12)18-10-14(21)11-23-13(18)2/h3-11H,21H2,1-2H3. The minimum atomic E-state index is 0.528. The zero-order chi connectivity index (χ0) is 17.4. The first-order valence-electron chi connectivity index (χ1n) is 7.95. The summed E-state index contributed by atoms with van der Waals surface area (Å²) in [6, 6.07) is 11.5. The maximum Gasteiger partial charge on any atom is 0.230 e. The van der Waals surface area contributed by atoms with E-state index >= 15 is 0 Å². The SMILES string of the molecule is Cc1cc(Oc2nccc3occc23)ccc1-c1cc(N)cnc1C. The van der Waals surface area contributed by atoms with Crippen molar-refractivity contribution in [3.63, 3.8) is 0 Å². The molecule has 0 aliphatic carbocycles. The summed E-state index contributed by atoms with van der Waals surface area (Å²) in [7, 11) is 0. The lowest BCUT2D eigenvalue weighted by Crippen LogP contribution is -1.95. The summed E-state index contributed by atoms with van der Waals surface area (Å²) in [4.78, 5) is 8.64. The summed E-state index contributed by atoms with van der Waals surface area (Å²) in [5.41, 5.74) is 11.4. The number of aromatic nitrogens is 2. The normalized spacial score (nSPS) is 11.0. The first-order chi connectivity index (χ1) is 12.1. The molecule has 0 atom stereocenters. The van der Waals surface area contributed by atoms with Gasteiger partial charge in [0.25, 0.3) is 0 Å². The van der Waals surface area contributed by atoms with Gasteiger partial charge in [-0.3, -0.25) is 4.98 Å². The maximum absolute atomic E-state index is 5.96. The van der Waals surface area contributed by atoms with Crippen molar-refractivity contribution >= 4 is 16.7 Å². The molecule has 124 valence electrons. The number of hydrogen-bond acceptors (Lipinski definition) is 5. The molecule has 0 bridgehead atoms. The highest BCUT2D eigenvalue weighted by molar-refractivity contribution is 5.82. The van der Waals surface area contributed by atoms with Gasteiger partial charge in [-0.25, -0.2) is 4.98 Å². The van der Waals surface area contributed by atoms with Crippen molar-refractivity contribution in [3.8, 4) is 22.8 Å². The molecule has 0 aliphatic heterocycles. The Morgan fingerprint density at radius 1 is 1.00 bits per heavy atom. The fraction of sp³-hybridized carbons (Fsp3) is 0.100. The van der Waals surface area contributed by atoms with Crippen LogP contribution in [0.15, 0.2) is 59.5 Å². The highest BCUT2D eigenvalue weighted by Gasteiger charge is 2.11. The van der Waals surface area contributed by atoms with Crippen LogP contribution in [0.4, 0.5) is 5.69 Å². The van der Waals surface area contributed by atoms with Crippen LogP contribution in [0, 0.1) is 13.8 Å². The third kappa shape index (κ3) is 2.80. The summed E-state index contributed by atoms with van der Waals surface area (Å²) in [5, 5.41) is 0.847. The summed E-state index contributed by atoms with van der Waals surface area (Å²) < 4.78 is 11.3. The van der Waals surface area contributed by atoms with Crippen molar-refractivity contribution in [1.82, 2.24) is 9.97 Å². The molecular weight excluding hydrogens is 314 g/mol. The number of aryl methyl sites for hydroxylation is 2. The molecule has 0 aliphatic rings. The lowest BCUT2D eigenvalue weighted by molar-refractivity contribution is 0.468. The van der Waals surface area contributed by atoms with Crippen LogP contribution in [0.2, 0.25) is 0 Å². The Morgan fingerprint density at radius 2 is 1.88 bits per heavy atom. The molecule has 0 saturated carbocycles. The van der Waals surface area contributed by atoms with E-state index in [1.807, 2.05) is 50.2 Å². The van der Waals surface area contributed by atoms with Gasteiger partial charge in [0, 0.05) is 17.5 Å². The van der Waals surface area contributed by atoms with E-state index in [4.69, 9.17) is 14.9 Å². The van der Waals surface area contributed by atoms with Crippen LogP contribution in [0.1, 0.15) is 11.3 Å². The number of ether oxygens (including phenoxy) is 1. The van der Waals surface area contributed by atoms with Crippen molar-refractivity contribution in [2.24, 2.45) is 0 Å². The number of pyridine rings is 2. The number of rotatable bonds is 3. The van der Waals surface area contributed by atoms with Gasteiger partial charge in [0.2, 0.25) is 5.88 Å². The molecule has 0 saturated heterocycles. The third-order valence-electron chi connectivity index (χ3n) is 4.15. The van der Waals surface area contributed by atoms with Crippen molar-refractivity contribution in [2.75, 3.05) is 5.73 Å². The third-order valence-corrected chi connectivity index (χ3v) is 4.15. The molecule has 3 aromatic heterocycles. The molecule has 2 N–H and O–H groups in total. The van der Waals surface area contributed by atoms with Gasteiger partial charge in [0.1, 0.15) is 11.3 Å². The molecule has 4 aromatic rings. The van der Waals surface area contributed by atoms with Crippen LogP contribution in [0.3, 0.4) is 0 Å². The van der Waals surface area contributed by atoms with E-state index in [2.05, 4.69) is 9.97 Å². The molecule has 0 amide bonds. The van der Waals surface area contributed by atoms with E-state index in [0.717, 1.165) is 39.1 Å². The summed E-state index contributed by atoms with van der Waals surface area (Å²) >= 11 is 0. The zero-order valence-corrected chi connectivity index (χ0v) is 14.0. The number of nitrogens with zero attached hydrogens (tertiary/aromatic N) is 2. The molecule has 4 rings (SSSR count). The molecular formula is C20H17N3O2. The molecule has 0 unspecified atom stereocenters. The Hall–Kier alpha value is -3.34. The average Bonchev–Trinajstić information content (AvgIpc) is 3.07. The van der Waals surface area contributed by atoms with Gasteiger partial charge < -0.3 is 14.9 Å². The van der Waals surface area contributed by atoms with Crippen LogP contribution in [-0.2, 0) is 0 Å². The van der Waals surface area contributed by atoms with Crippen LogP contribution < -0.4 is 10.5 Å². The number of hydrogen-bond donors (Lipinski definition) is 1. The molecule has 25 heavy (non-hydrogen) atoms. The predicted molar refractivity (Wildman–Crippen MR) is 97.6 cm³/mol. The van der Waals surface area contributed by atoms with Gasteiger partial charge in [-0.05, 0) is 55.3 Å². The van der Waals surface area contributed by atoms with Crippen molar-refractivity contribution in [2.45, 2.75) is 13.8 Å². The Kier molecular flexibility index (Phi) is 3.61. The number of nitrogens with two attached hydrogens (primary N) is 1. The van der Waals surface area contributed by atoms with Crippen LogP contribution in [0.25, 0.3) is 22.1 Å². The molecule has 3 heterocycles. The predicted octanol–water partition coefficient (Wildman–Crippen LogP) is 4.88. The van der Waals surface area contributed by atoms with E-state index in [-0.39, 0.29) is 0 Å². The van der Waals surface area contributed by atoms with Gasteiger partial charge in [-0.15, -0.1) is 0 Å². The first kappa shape index (κ1) is 15.2. The monoisotopic (exact) mass is 331 g/mol. The van der Waals surface area contributed by atoms with E-state index in [0.29, 0.717) is 11.6 Å². The Labute approximate surface area is 145 Å². The quantitative estimate of drug-likeness (QED) is 0.579. The second-order valence-electron chi connectivity index (χ2n) is 5.93. The first-order valence-corrected chi connectivity index (χ1v) is 7.95. The largest absolute Gasteiger partial charge is 0.464 e. The van der Waals surface area contributed by atoms with Crippen LogP contribution in [0.5, 0.6) is 11.6 Å². The molecule has 1 aromatic carbocycles. The van der Waals surface area contributed by atoms with E-state index in [1.165, 1.54) is 0 Å². The number of benzene rings is 1. The number of furan rings is 1. The Morgan fingerprint density at radius 3 is 2.72 bits per heavy atom. The fourth-order valence-electron chi connectivity index (χ4n) is 2.89. The second-order valence-corrected chi connectivity index (χ2v) is 5.93. The van der Waals surface area contributed by atoms with Crippen molar-refractivity contribution < 1.29 is 9.15 Å². The number of fused-ring (bicyclic) bond motifs is 1. The van der Waals surface area contributed by atoms with Gasteiger partial charge in [0.05, 0.1) is 23.5 Å². The maximum atomic E-state index is 5.96. The van der Waals surface area contributed by atoms with Gasteiger partial charge in [0.15, 0.2) is 0 Å². The minimum Gasteiger partial charge on any atom is -0.464 e. The van der Waals surface area contributed by atoms with E-state index in [9.17, 15) is 0 Å². The number of nitrogen functional groups attached to an aromatic ring is 1. The molecule has 0 fully saturated rings. The van der Waals surface area contributed by atoms with Crippen LogP contribution >= 0.6 is 0 Å². The van der Waals surface area contributed by atoms with Gasteiger partial charge in [-0.2, -0.15) is 0 Å².